The van der Waals surface area contributed by atoms with E-state index in [-0.39, 0.29) is 24.5 Å². The number of carbonyl (C=O) groups is 3. The first-order valence-electron chi connectivity index (χ1n) is 4.98. The summed E-state index contributed by atoms with van der Waals surface area (Å²) in [6.07, 6.45) is 0.485. The van der Waals surface area contributed by atoms with Crippen molar-refractivity contribution in [1.82, 2.24) is 5.32 Å². The molecule has 1 amide bonds. The molecule has 5 heteroatoms. The van der Waals surface area contributed by atoms with Crippen LogP contribution in [0.15, 0.2) is 0 Å². The molecule has 1 heterocycles. The lowest BCUT2D eigenvalue weighted by Gasteiger charge is -2.27. The molecule has 5 nitrogen and oxygen atoms in total. The fraction of sp³-hybridized carbons (Fsp3) is 0.700. The van der Waals surface area contributed by atoms with Crippen LogP contribution in [0, 0.1) is 5.92 Å². The van der Waals surface area contributed by atoms with Crippen LogP contribution >= 0.6 is 0 Å². The van der Waals surface area contributed by atoms with Crippen molar-refractivity contribution in [3.8, 4) is 0 Å². The van der Waals surface area contributed by atoms with Gasteiger partial charge in [-0.3, -0.25) is 14.4 Å². The van der Waals surface area contributed by atoms with Crippen molar-refractivity contribution in [2.45, 2.75) is 38.6 Å². The maximum atomic E-state index is 11.6. The van der Waals surface area contributed by atoms with Crippen molar-refractivity contribution in [3.63, 3.8) is 0 Å². The number of aliphatic carboxylic acids is 1. The molecule has 2 N–H and O–H groups in total. The van der Waals surface area contributed by atoms with E-state index in [1.165, 1.54) is 6.92 Å². The Hall–Kier alpha value is -1.39. The summed E-state index contributed by atoms with van der Waals surface area (Å²) in [4.78, 5) is 33.4. The fourth-order valence-electron chi connectivity index (χ4n) is 1.90. The molecule has 0 aromatic heterocycles. The average Bonchev–Trinajstić information content (AvgIpc) is 2.42. The molecule has 84 valence electrons. The Morgan fingerprint density at radius 2 is 2.20 bits per heavy atom. The van der Waals surface area contributed by atoms with Crippen molar-refractivity contribution in [2.24, 2.45) is 5.92 Å². The molecule has 0 aliphatic carbocycles. The summed E-state index contributed by atoms with van der Waals surface area (Å²) < 4.78 is 0. The van der Waals surface area contributed by atoms with Gasteiger partial charge in [-0.25, -0.2) is 0 Å². The fourth-order valence-corrected chi connectivity index (χ4v) is 1.90. The van der Waals surface area contributed by atoms with Gasteiger partial charge >= 0.3 is 5.97 Å². The van der Waals surface area contributed by atoms with Crippen LogP contribution in [-0.2, 0) is 14.4 Å². The number of Topliss-reactive ketones (excluding diaryl/α,β-unsaturated/α-hetero) is 1. The summed E-state index contributed by atoms with van der Waals surface area (Å²) in [7, 11) is 0. The Morgan fingerprint density at radius 3 is 2.53 bits per heavy atom. The van der Waals surface area contributed by atoms with E-state index >= 15 is 0 Å². The second kappa shape index (κ2) is 4.00. The van der Waals surface area contributed by atoms with Crippen LogP contribution in [0.5, 0.6) is 0 Å². The summed E-state index contributed by atoms with van der Waals surface area (Å²) >= 11 is 0. The van der Waals surface area contributed by atoms with Crippen molar-refractivity contribution in [2.75, 3.05) is 0 Å². The van der Waals surface area contributed by atoms with Crippen molar-refractivity contribution in [3.05, 3.63) is 0 Å². The predicted molar refractivity (Wildman–Crippen MR) is 52.2 cm³/mol. The molecule has 1 fully saturated rings. The van der Waals surface area contributed by atoms with Gasteiger partial charge in [0.2, 0.25) is 5.91 Å². The molecule has 0 aromatic rings. The third-order valence-corrected chi connectivity index (χ3v) is 2.91. The number of hydrogen-bond acceptors (Lipinski definition) is 3. The van der Waals surface area contributed by atoms with Crippen LogP contribution in [0.3, 0.4) is 0 Å². The van der Waals surface area contributed by atoms with Crippen LogP contribution in [0.2, 0.25) is 0 Å². The van der Waals surface area contributed by atoms with E-state index in [2.05, 4.69) is 5.32 Å². The number of rotatable bonds is 4. The number of ketones is 1. The van der Waals surface area contributed by atoms with Gasteiger partial charge in [-0.1, -0.05) is 13.8 Å². The monoisotopic (exact) mass is 213 g/mol. The Morgan fingerprint density at radius 1 is 1.60 bits per heavy atom. The van der Waals surface area contributed by atoms with E-state index in [1.807, 2.05) is 0 Å². The lowest BCUT2D eigenvalue weighted by molar-refractivity contribution is -0.142. The van der Waals surface area contributed by atoms with Crippen molar-refractivity contribution in [1.29, 1.82) is 0 Å². The highest BCUT2D eigenvalue weighted by atomic mass is 16.4. The van der Waals surface area contributed by atoms with E-state index in [0.29, 0.717) is 6.42 Å². The van der Waals surface area contributed by atoms with Crippen molar-refractivity contribution >= 4 is 17.7 Å². The number of hydrogen-bond donors (Lipinski definition) is 2. The quantitative estimate of drug-likeness (QED) is 0.659. The van der Waals surface area contributed by atoms with Crippen LogP contribution in [-0.4, -0.2) is 28.3 Å². The van der Waals surface area contributed by atoms with Gasteiger partial charge in [0.25, 0.3) is 0 Å². The zero-order chi connectivity index (χ0) is 11.6. The van der Waals surface area contributed by atoms with Gasteiger partial charge in [-0.2, -0.15) is 0 Å². The molecule has 0 radical (unpaired) electrons. The highest BCUT2D eigenvalue weighted by molar-refractivity contribution is 6.10. The average molecular weight is 213 g/mol. The lowest BCUT2D eigenvalue weighted by atomic mass is 9.83. The first kappa shape index (κ1) is 11.7. The standard InChI is InChI=1S/C10H15NO4/c1-3-10(5-6(2)9(14)15)7(12)4-8(13)11-10/h6H,3-5H2,1-2H3,(H,11,13)(H,14,15)/t6-,10+/m0/s1. The third kappa shape index (κ3) is 2.16. The summed E-state index contributed by atoms with van der Waals surface area (Å²) in [5.74, 6) is -2.08. The second-order valence-corrected chi connectivity index (χ2v) is 4.03. The van der Waals surface area contributed by atoms with E-state index < -0.39 is 17.4 Å². The maximum absolute atomic E-state index is 11.6. The summed E-state index contributed by atoms with van der Waals surface area (Å²) in [6, 6.07) is 0. The summed E-state index contributed by atoms with van der Waals surface area (Å²) in [5, 5.41) is 11.4. The maximum Gasteiger partial charge on any atom is 0.306 e. The number of amides is 1. The van der Waals surface area contributed by atoms with Crippen LogP contribution in [0.1, 0.15) is 33.1 Å². The zero-order valence-electron chi connectivity index (χ0n) is 8.87. The van der Waals surface area contributed by atoms with Crippen molar-refractivity contribution < 1.29 is 19.5 Å². The molecular formula is C10H15NO4. The number of carboxylic acid groups (broad SMARTS) is 1. The number of carbonyl (C=O) groups excluding carboxylic acids is 2. The van der Waals surface area contributed by atoms with Gasteiger partial charge in [0.05, 0.1) is 17.9 Å². The highest BCUT2D eigenvalue weighted by Gasteiger charge is 2.45. The molecule has 1 saturated heterocycles. The predicted octanol–water partition coefficient (Wildman–Crippen LogP) is 0.335. The molecule has 0 unspecified atom stereocenters. The Bertz CT molecular complexity index is 313. The molecule has 15 heavy (non-hydrogen) atoms. The Labute approximate surface area is 87.8 Å². The minimum atomic E-state index is -0.950. The Balaban J connectivity index is 2.82. The van der Waals surface area contributed by atoms with E-state index in [1.54, 1.807) is 6.92 Å². The smallest absolute Gasteiger partial charge is 0.306 e. The second-order valence-electron chi connectivity index (χ2n) is 4.03. The van der Waals surface area contributed by atoms with Crippen LogP contribution < -0.4 is 5.32 Å². The minimum absolute atomic E-state index is 0.125. The van der Waals surface area contributed by atoms with Crippen LogP contribution in [0.4, 0.5) is 0 Å². The third-order valence-electron chi connectivity index (χ3n) is 2.91. The largest absolute Gasteiger partial charge is 0.481 e. The first-order chi connectivity index (χ1) is 6.91. The molecule has 0 aromatic carbocycles. The molecule has 1 aliphatic heterocycles. The normalized spacial score (nSPS) is 27.6. The molecule has 0 saturated carbocycles. The van der Waals surface area contributed by atoms with Gasteiger partial charge in [0.1, 0.15) is 0 Å². The van der Waals surface area contributed by atoms with Crippen LogP contribution in [0.25, 0.3) is 0 Å². The molecular weight excluding hydrogens is 198 g/mol. The molecule has 0 bridgehead atoms. The Kier molecular flexibility index (Phi) is 3.12. The summed E-state index contributed by atoms with van der Waals surface area (Å²) in [5.41, 5.74) is -0.950. The SMILES string of the molecule is CC[C@]1(C[C@H](C)C(=O)O)NC(=O)CC1=O. The topological polar surface area (TPSA) is 83.5 Å². The minimum Gasteiger partial charge on any atom is -0.481 e. The molecule has 1 rings (SSSR count). The van der Waals surface area contributed by atoms with Gasteiger partial charge in [-0.15, -0.1) is 0 Å². The molecule has 2 atom stereocenters. The van der Waals surface area contributed by atoms with E-state index in [4.69, 9.17) is 5.11 Å². The molecule has 1 aliphatic rings. The molecule has 0 spiro atoms. The van der Waals surface area contributed by atoms with Gasteiger partial charge in [0, 0.05) is 0 Å². The summed E-state index contributed by atoms with van der Waals surface area (Å²) in [6.45, 7) is 3.32. The number of nitrogens with one attached hydrogen (secondary N) is 1. The highest BCUT2D eigenvalue weighted by Crippen LogP contribution is 2.27. The van der Waals surface area contributed by atoms with E-state index in [9.17, 15) is 14.4 Å². The van der Waals surface area contributed by atoms with Gasteiger partial charge in [-0.05, 0) is 12.8 Å². The van der Waals surface area contributed by atoms with E-state index in [0.717, 1.165) is 0 Å². The number of carboxylic acids is 1. The first-order valence-corrected chi connectivity index (χ1v) is 4.98. The lowest BCUT2D eigenvalue weighted by Crippen LogP contribution is -2.47. The van der Waals surface area contributed by atoms with Gasteiger partial charge < -0.3 is 10.4 Å². The zero-order valence-corrected chi connectivity index (χ0v) is 8.87. The van der Waals surface area contributed by atoms with Gasteiger partial charge in [0.15, 0.2) is 5.78 Å².